The summed E-state index contributed by atoms with van der Waals surface area (Å²) in [5.74, 6) is 5.37. The topological polar surface area (TPSA) is 67.1 Å². The Kier molecular flexibility index (Phi) is 3.07. The van der Waals surface area contributed by atoms with Crippen LogP contribution >= 0.6 is 0 Å². The number of rotatable bonds is 3. The summed E-state index contributed by atoms with van der Waals surface area (Å²) < 4.78 is 0. The van der Waals surface area contributed by atoms with Crippen molar-refractivity contribution in [2.24, 2.45) is 5.84 Å². The minimum absolute atomic E-state index is 0.0350. The van der Waals surface area contributed by atoms with Gasteiger partial charge < -0.3 is 10.7 Å². The van der Waals surface area contributed by atoms with Crippen LogP contribution in [-0.2, 0) is 0 Å². The molecule has 0 bridgehead atoms. The molecule has 1 aliphatic rings. The summed E-state index contributed by atoms with van der Waals surface area (Å²) >= 11 is 0. The standard InChI is InChI=1S/C13H19N3O/c1-9-4-5-11(16-14)10(8-9)12(17)15-13(2)6-3-7-13/h4-5,8,16H,3,6-7,14H2,1-2H3,(H,15,17). The first-order valence-corrected chi connectivity index (χ1v) is 5.94. The summed E-state index contributed by atoms with van der Waals surface area (Å²) in [6.45, 7) is 4.04. The van der Waals surface area contributed by atoms with Crippen LogP contribution in [0.15, 0.2) is 18.2 Å². The number of amides is 1. The highest BCUT2D eigenvalue weighted by molar-refractivity contribution is 6.00. The van der Waals surface area contributed by atoms with Gasteiger partial charge in [-0.05, 0) is 45.2 Å². The molecule has 1 aromatic rings. The molecule has 1 fully saturated rings. The predicted octanol–water partition coefficient (Wildman–Crippen LogP) is 1.95. The Morgan fingerprint density at radius 1 is 1.41 bits per heavy atom. The van der Waals surface area contributed by atoms with Crippen LogP contribution in [0.3, 0.4) is 0 Å². The molecule has 0 aliphatic heterocycles. The summed E-state index contributed by atoms with van der Waals surface area (Å²) in [7, 11) is 0. The minimum Gasteiger partial charge on any atom is -0.347 e. The summed E-state index contributed by atoms with van der Waals surface area (Å²) in [4.78, 5) is 12.2. The first-order valence-electron chi connectivity index (χ1n) is 5.94. The van der Waals surface area contributed by atoms with Crippen molar-refractivity contribution in [3.05, 3.63) is 29.3 Å². The SMILES string of the molecule is Cc1ccc(NN)c(C(=O)NC2(C)CCC2)c1. The van der Waals surface area contributed by atoms with Crippen molar-refractivity contribution >= 4 is 11.6 Å². The Morgan fingerprint density at radius 3 is 2.65 bits per heavy atom. The Hall–Kier alpha value is -1.55. The number of carbonyl (C=O) groups excluding carboxylic acids is 1. The van der Waals surface area contributed by atoms with Crippen LogP contribution in [0.1, 0.15) is 42.1 Å². The Balaban J connectivity index is 2.20. The largest absolute Gasteiger partial charge is 0.347 e. The molecule has 4 heteroatoms. The van der Waals surface area contributed by atoms with E-state index in [1.807, 2.05) is 25.1 Å². The Morgan fingerprint density at radius 2 is 2.12 bits per heavy atom. The fourth-order valence-corrected chi connectivity index (χ4v) is 2.15. The predicted molar refractivity (Wildman–Crippen MR) is 68.7 cm³/mol. The Bertz CT molecular complexity index is 438. The number of anilines is 1. The maximum Gasteiger partial charge on any atom is 0.253 e. The van der Waals surface area contributed by atoms with Crippen molar-refractivity contribution in [2.45, 2.75) is 38.6 Å². The van der Waals surface area contributed by atoms with Crippen molar-refractivity contribution in [1.82, 2.24) is 5.32 Å². The van der Waals surface area contributed by atoms with Gasteiger partial charge in [-0.2, -0.15) is 0 Å². The van der Waals surface area contributed by atoms with E-state index in [9.17, 15) is 4.79 Å². The summed E-state index contributed by atoms with van der Waals surface area (Å²) in [6, 6.07) is 5.61. The summed E-state index contributed by atoms with van der Waals surface area (Å²) in [5.41, 5.74) is 4.85. The number of hydrogen-bond acceptors (Lipinski definition) is 3. The number of carbonyl (C=O) groups is 1. The zero-order valence-electron chi connectivity index (χ0n) is 10.3. The third-order valence-electron chi connectivity index (χ3n) is 3.45. The number of nitrogens with one attached hydrogen (secondary N) is 2. The summed E-state index contributed by atoms with van der Waals surface area (Å²) in [6.07, 6.45) is 3.29. The molecule has 1 aromatic carbocycles. The normalized spacial score (nSPS) is 17.1. The highest BCUT2D eigenvalue weighted by atomic mass is 16.1. The maximum atomic E-state index is 12.2. The van der Waals surface area contributed by atoms with Gasteiger partial charge in [-0.25, -0.2) is 0 Å². The van der Waals surface area contributed by atoms with Crippen LogP contribution < -0.4 is 16.6 Å². The van der Waals surface area contributed by atoms with E-state index >= 15 is 0 Å². The molecule has 0 heterocycles. The second-order valence-electron chi connectivity index (χ2n) is 5.06. The van der Waals surface area contributed by atoms with Crippen LogP contribution in [0.4, 0.5) is 5.69 Å². The number of hydrogen-bond donors (Lipinski definition) is 3. The van der Waals surface area contributed by atoms with E-state index in [0.717, 1.165) is 18.4 Å². The highest BCUT2D eigenvalue weighted by Gasteiger charge is 2.33. The number of aryl methyl sites for hydroxylation is 1. The first-order chi connectivity index (χ1) is 8.04. The lowest BCUT2D eigenvalue weighted by Gasteiger charge is -2.39. The molecular weight excluding hydrogens is 214 g/mol. The zero-order chi connectivity index (χ0) is 12.5. The van der Waals surface area contributed by atoms with E-state index in [4.69, 9.17) is 5.84 Å². The molecule has 0 unspecified atom stereocenters. The van der Waals surface area contributed by atoms with Gasteiger partial charge in [0.05, 0.1) is 11.3 Å². The van der Waals surface area contributed by atoms with Crippen LogP contribution in [0, 0.1) is 6.92 Å². The monoisotopic (exact) mass is 233 g/mol. The molecule has 1 amide bonds. The van der Waals surface area contributed by atoms with Gasteiger partial charge in [0.1, 0.15) is 0 Å². The quantitative estimate of drug-likeness (QED) is 0.552. The number of benzene rings is 1. The van der Waals surface area contributed by atoms with Gasteiger partial charge >= 0.3 is 0 Å². The fourth-order valence-electron chi connectivity index (χ4n) is 2.15. The molecule has 92 valence electrons. The average Bonchev–Trinajstić information content (AvgIpc) is 2.26. The zero-order valence-corrected chi connectivity index (χ0v) is 10.3. The third-order valence-corrected chi connectivity index (χ3v) is 3.45. The molecule has 4 nitrogen and oxygen atoms in total. The number of hydrazine groups is 1. The van der Waals surface area contributed by atoms with Crippen LogP contribution in [0.5, 0.6) is 0 Å². The van der Waals surface area contributed by atoms with E-state index in [1.165, 1.54) is 6.42 Å². The van der Waals surface area contributed by atoms with Crippen LogP contribution in [0.2, 0.25) is 0 Å². The van der Waals surface area contributed by atoms with E-state index in [2.05, 4.69) is 17.7 Å². The smallest absolute Gasteiger partial charge is 0.253 e. The first kappa shape index (κ1) is 11.9. The van der Waals surface area contributed by atoms with E-state index in [1.54, 1.807) is 0 Å². The van der Waals surface area contributed by atoms with Crippen LogP contribution in [-0.4, -0.2) is 11.4 Å². The molecular formula is C13H19N3O. The lowest BCUT2D eigenvalue weighted by atomic mass is 9.78. The molecule has 0 atom stereocenters. The fraction of sp³-hybridized carbons (Fsp3) is 0.462. The van der Waals surface area contributed by atoms with Crippen molar-refractivity contribution in [1.29, 1.82) is 0 Å². The lowest BCUT2D eigenvalue weighted by Crippen LogP contribution is -2.51. The van der Waals surface area contributed by atoms with Gasteiger partial charge in [0, 0.05) is 5.54 Å². The van der Waals surface area contributed by atoms with E-state index in [0.29, 0.717) is 11.3 Å². The molecule has 0 saturated heterocycles. The second-order valence-corrected chi connectivity index (χ2v) is 5.06. The molecule has 1 aliphatic carbocycles. The molecule has 2 rings (SSSR count). The molecule has 0 radical (unpaired) electrons. The third kappa shape index (κ3) is 2.42. The molecule has 4 N–H and O–H groups in total. The molecule has 0 aromatic heterocycles. The lowest BCUT2D eigenvalue weighted by molar-refractivity contribution is 0.0851. The van der Waals surface area contributed by atoms with Gasteiger partial charge in [-0.3, -0.25) is 10.6 Å². The van der Waals surface area contributed by atoms with E-state index in [-0.39, 0.29) is 11.4 Å². The van der Waals surface area contributed by atoms with Crippen molar-refractivity contribution in [3.8, 4) is 0 Å². The van der Waals surface area contributed by atoms with Gasteiger partial charge in [-0.15, -0.1) is 0 Å². The average molecular weight is 233 g/mol. The van der Waals surface area contributed by atoms with E-state index < -0.39 is 0 Å². The number of nitrogen functional groups attached to an aromatic ring is 1. The van der Waals surface area contributed by atoms with Gasteiger partial charge in [-0.1, -0.05) is 11.6 Å². The van der Waals surface area contributed by atoms with Crippen molar-refractivity contribution in [2.75, 3.05) is 5.43 Å². The van der Waals surface area contributed by atoms with Crippen molar-refractivity contribution < 1.29 is 4.79 Å². The number of nitrogens with two attached hydrogens (primary N) is 1. The molecule has 0 spiro atoms. The Labute approximate surface area is 102 Å². The van der Waals surface area contributed by atoms with Crippen molar-refractivity contribution in [3.63, 3.8) is 0 Å². The molecule has 1 saturated carbocycles. The maximum absolute atomic E-state index is 12.2. The second kappa shape index (κ2) is 4.37. The van der Waals surface area contributed by atoms with Crippen LogP contribution in [0.25, 0.3) is 0 Å². The minimum atomic E-state index is -0.0520. The van der Waals surface area contributed by atoms with Gasteiger partial charge in [0.25, 0.3) is 5.91 Å². The highest BCUT2D eigenvalue weighted by Crippen LogP contribution is 2.31. The summed E-state index contributed by atoms with van der Waals surface area (Å²) in [5, 5.41) is 3.08. The van der Waals surface area contributed by atoms with Gasteiger partial charge in [0.15, 0.2) is 0 Å². The molecule has 17 heavy (non-hydrogen) atoms. The van der Waals surface area contributed by atoms with Gasteiger partial charge in [0.2, 0.25) is 0 Å².